The molecule has 1 heterocycles. The SMILES string of the molecule is CCC1(N)c2cc(C(=O)c3ccc(C=NN4CCCCC4)cc3)ccc2CCC1CC(=O)O. The van der Waals surface area contributed by atoms with Gasteiger partial charge in [-0.1, -0.05) is 43.3 Å². The number of hydrazone groups is 1. The van der Waals surface area contributed by atoms with Crippen LogP contribution in [0.4, 0.5) is 0 Å². The molecule has 1 fully saturated rings. The highest BCUT2D eigenvalue weighted by molar-refractivity contribution is 6.09. The number of piperidine rings is 1. The van der Waals surface area contributed by atoms with Crippen molar-refractivity contribution < 1.29 is 14.7 Å². The highest BCUT2D eigenvalue weighted by Gasteiger charge is 2.41. The van der Waals surface area contributed by atoms with E-state index in [1.807, 2.05) is 55.6 Å². The second-order valence-corrected chi connectivity index (χ2v) is 9.31. The number of ketones is 1. The summed E-state index contributed by atoms with van der Waals surface area (Å²) in [5.41, 5.74) is 10.2. The Morgan fingerprint density at radius 2 is 1.82 bits per heavy atom. The molecule has 2 atom stereocenters. The maximum Gasteiger partial charge on any atom is 0.303 e. The number of carbonyl (C=O) groups excluding carboxylic acids is 1. The number of benzene rings is 2. The van der Waals surface area contributed by atoms with Crippen LogP contribution >= 0.6 is 0 Å². The molecule has 0 bridgehead atoms. The van der Waals surface area contributed by atoms with Gasteiger partial charge >= 0.3 is 5.97 Å². The number of hydrogen-bond donors (Lipinski definition) is 2. The lowest BCUT2D eigenvalue weighted by atomic mass is 9.66. The third kappa shape index (κ3) is 5.01. The number of rotatable bonds is 7. The number of carboxylic acid groups (broad SMARTS) is 1. The first-order valence-corrected chi connectivity index (χ1v) is 12.0. The molecule has 0 amide bonds. The van der Waals surface area contributed by atoms with Gasteiger partial charge in [0.25, 0.3) is 0 Å². The summed E-state index contributed by atoms with van der Waals surface area (Å²) in [6.07, 6.45) is 7.70. The van der Waals surface area contributed by atoms with Crippen LogP contribution in [0.2, 0.25) is 0 Å². The van der Waals surface area contributed by atoms with Crippen molar-refractivity contribution in [2.24, 2.45) is 16.8 Å². The largest absolute Gasteiger partial charge is 0.481 e. The third-order valence-electron chi connectivity index (χ3n) is 7.25. The van der Waals surface area contributed by atoms with Gasteiger partial charge in [0.1, 0.15) is 0 Å². The van der Waals surface area contributed by atoms with Crippen molar-refractivity contribution >= 4 is 18.0 Å². The van der Waals surface area contributed by atoms with Gasteiger partial charge in [0, 0.05) is 29.8 Å². The first kappa shape index (κ1) is 23.2. The van der Waals surface area contributed by atoms with E-state index in [4.69, 9.17) is 5.73 Å². The van der Waals surface area contributed by atoms with Crippen LogP contribution in [0.15, 0.2) is 47.6 Å². The molecule has 6 heteroatoms. The molecule has 6 nitrogen and oxygen atoms in total. The zero-order valence-electron chi connectivity index (χ0n) is 19.3. The fourth-order valence-corrected chi connectivity index (χ4v) is 5.18. The number of aryl methyl sites for hydroxylation is 1. The summed E-state index contributed by atoms with van der Waals surface area (Å²) >= 11 is 0. The lowest BCUT2D eigenvalue weighted by Crippen LogP contribution is -2.47. The Morgan fingerprint density at radius 3 is 2.48 bits per heavy atom. The molecule has 1 aliphatic carbocycles. The van der Waals surface area contributed by atoms with Gasteiger partial charge in [-0.2, -0.15) is 5.10 Å². The normalized spacial score (nSPS) is 22.8. The predicted octanol–water partition coefficient (Wildman–Crippen LogP) is 4.34. The standard InChI is InChI=1S/C27H33N3O3/c1-2-27(28)23(17-25(31)32)13-12-20-10-11-22(16-24(20)27)26(33)21-8-6-19(7-9-21)18-29-30-14-4-3-5-15-30/h6-11,16,18,23H,2-5,12-15,17,28H2,1H3,(H,31,32). The minimum atomic E-state index is -0.831. The highest BCUT2D eigenvalue weighted by Crippen LogP contribution is 2.42. The van der Waals surface area contributed by atoms with E-state index in [-0.39, 0.29) is 18.1 Å². The van der Waals surface area contributed by atoms with E-state index >= 15 is 0 Å². The van der Waals surface area contributed by atoms with Gasteiger partial charge in [0.15, 0.2) is 5.78 Å². The number of aliphatic carboxylic acids is 1. The predicted molar refractivity (Wildman–Crippen MR) is 130 cm³/mol. The molecule has 33 heavy (non-hydrogen) atoms. The molecule has 1 saturated heterocycles. The van der Waals surface area contributed by atoms with Crippen molar-refractivity contribution in [3.63, 3.8) is 0 Å². The van der Waals surface area contributed by atoms with Crippen LogP contribution in [0.1, 0.15) is 78.1 Å². The van der Waals surface area contributed by atoms with Crippen molar-refractivity contribution in [2.75, 3.05) is 13.1 Å². The van der Waals surface area contributed by atoms with Gasteiger partial charge in [-0.15, -0.1) is 0 Å². The van der Waals surface area contributed by atoms with Crippen molar-refractivity contribution in [3.05, 3.63) is 70.3 Å². The van der Waals surface area contributed by atoms with Crippen molar-refractivity contribution in [2.45, 2.75) is 57.4 Å². The van der Waals surface area contributed by atoms with Gasteiger partial charge < -0.3 is 10.8 Å². The van der Waals surface area contributed by atoms with E-state index in [0.29, 0.717) is 17.5 Å². The summed E-state index contributed by atoms with van der Waals surface area (Å²) in [5, 5.41) is 16.0. The molecule has 0 spiro atoms. The number of hydrogen-bond acceptors (Lipinski definition) is 5. The summed E-state index contributed by atoms with van der Waals surface area (Å²) in [6, 6.07) is 13.2. The number of nitrogens with zero attached hydrogens (tertiary/aromatic N) is 2. The molecule has 2 aromatic carbocycles. The van der Waals surface area contributed by atoms with E-state index < -0.39 is 11.5 Å². The second-order valence-electron chi connectivity index (χ2n) is 9.31. The smallest absolute Gasteiger partial charge is 0.303 e. The zero-order valence-corrected chi connectivity index (χ0v) is 19.3. The molecule has 2 aliphatic rings. The number of nitrogens with two attached hydrogens (primary N) is 1. The molecular weight excluding hydrogens is 414 g/mol. The quantitative estimate of drug-likeness (QED) is 0.486. The first-order chi connectivity index (χ1) is 15.9. The van der Waals surface area contributed by atoms with E-state index in [2.05, 4.69) is 10.1 Å². The summed E-state index contributed by atoms with van der Waals surface area (Å²) in [5.74, 6) is -1.03. The molecule has 0 saturated carbocycles. The van der Waals surface area contributed by atoms with Crippen LogP contribution < -0.4 is 5.73 Å². The monoisotopic (exact) mass is 447 g/mol. The Balaban J connectivity index is 1.54. The Kier molecular flexibility index (Phi) is 6.94. The second kappa shape index (κ2) is 9.87. The number of fused-ring (bicyclic) bond motifs is 1. The number of carboxylic acids is 1. The molecule has 0 aromatic heterocycles. The molecule has 0 radical (unpaired) electrons. The molecule has 2 aromatic rings. The molecular formula is C27H33N3O3. The topological polar surface area (TPSA) is 96.0 Å². The van der Waals surface area contributed by atoms with Crippen LogP contribution in [0.25, 0.3) is 0 Å². The fraction of sp³-hybridized carbons (Fsp3) is 0.444. The summed E-state index contributed by atoms with van der Waals surface area (Å²) in [7, 11) is 0. The summed E-state index contributed by atoms with van der Waals surface area (Å²) in [6.45, 7) is 3.99. The minimum Gasteiger partial charge on any atom is -0.481 e. The van der Waals surface area contributed by atoms with Crippen LogP contribution in [0.5, 0.6) is 0 Å². The zero-order chi connectivity index (χ0) is 23.4. The minimum absolute atomic E-state index is 0.0440. The molecule has 174 valence electrons. The Labute approximate surface area is 195 Å². The van der Waals surface area contributed by atoms with Crippen molar-refractivity contribution in [1.82, 2.24) is 5.01 Å². The van der Waals surface area contributed by atoms with Gasteiger partial charge in [-0.05, 0) is 67.2 Å². The molecule has 1 aliphatic heterocycles. The average molecular weight is 448 g/mol. The maximum atomic E-state index is 13.2. The van der Waals surface area contributed by atoms with Gasteiger partial charge in [-0.25, -0.2) is 0 Å². The molecule has 3 N–H and O–H groups in total. The van der Waals surface area contributed by atoms with E-state index in [1.165, 1.54) is 19.3 Å². The van der Waals surface area contributed by atoms with Crippen LogP contribution in [-0.2, 0) is 16.8 Å². The Bertz CT molecular complexity index is 1040. The fourth-order valence-electron chi connectivity index (χ4n) is 5.18. The van der Waals surface area contributed by atoms with E-state index in [9.17, 15) is 14.7 Å². The van der Waals surface area contributed by atoms with E-state index in [1.54, 1.807) is 0 Å². The first-order valence-electron chi connectivity index (χ1n) is 12.0. The average Bonchev–Trinajstić information content (AvgIpc) is 2.84. The van der Waals surface area contributed by atoms with Crippen molar-refractivity contribution in [3.8, 4) is 0 Å². The van der Waals surface area contributed by atoms with Gasteiger partial charge in [0.2, 0.25) is 0 Å². The molecule has 2 unspecified atom stereocenters. The highest BCUT2D eigenvalue weighted by atomic mass is 16.4. The van der Waals surface area contributed by atoms with Crippen LogP contribution in [0.3, 0.4) is 0 Å². The maximum absolute atomic E-state index is 13.2. The lowest BCUT2D eigenvalue weighted by Gasteiger charge is -2.42. The summed E-state index contributed by atoms with van der Waals surface area (Å²) in [4.78, 5) is 24.6. The third-order valence-corrected chi connectivity index (χ3v) is 7.25. The molecule has 4 rings (SSSR count). The summed E-state index contributed by atoms with van der Waals surface area (Å²) < 4.78 is 0. The Morgan fingerprint density at radius 1 is 1.12 bits per heavy atom. The van der Waals surface area contributed by atoms with Crippen LogP contribution in [0, 0.1) is 5.92 Å². The van der Waals surface area contributed by atoms with E-state index in [0.717, 1.165) is 42.6 Å². The van der Waals surface area contributed by atoms with Gasteiger partial charge in [0.05, 0.1) is 12.6 Å². The lowest BCUT2D eigenvalue weighted by molar-refractivity contribution is -0.139. The van der Waals surface area contributed by atoms with Gasteiger partial charge in [-0.3, -0.25) is 14.6 Å². The van der Waals surface area contributed by atoms with Crippen molar-refractivity contribution in [1.29, 1.82) is 0 Å². The van der Waals surface area contributed by atoms with Crippen LogP contribution in [-0.4, -0.2) is 41.2 Å². The number of carbonyl (C=O) groups is 2. The Hall–Kier alpha value is -2.99.